The summed E-state index contributed by atoms with van der Waals surface area (Å²) in [7, 11) is 0. The van der Waals surface area contributed by atoms with Crippen LogP contribution in [0.25, 0.3) is 17.4 Å². The molecule has 0 radical (unpaired) electrons. The molecular weight excluding hydrogens is 439 g/mol. The minimum Gasteiger partial charge on any atom is -0.457 e. The summed E-state index contributed by atoms with van der Waals surface area (Å²) in [4.78, 5) is 17.1. The van der Waals surface area contributed by atoms with Gasteiger partial charge in [0.2, 0.25) is 0 Å². The number of amides is 1. The van der Waals surface area contributed by atoms with E-state index in [1.165, 1.54) is 11.8 Å². The van der Waals surface area contributed by atoms with Crippen LogP contribution in [0.5, 0.6) is 0 Å². The smallest absolute Gasteiger partial charge is 0.264 e. The molecule has 1 amide bonds. The van der Waals surface area contributed by atoms with E-state index in [0.29, 0.717) is 42.3 Å². The average Bonchev–Trinajstić information content (AvgIpc) is 3.26. The van der Waals surface area contributed by atoms with Crippen molar-refractivity contribution in [3.8, 4) is 11.3 Å². The number of amidine groups is 1. The number of furan rings is 1. The Bertz CT molecular complexity index is 1140. The third-order valence-electron chi connectivity index (χ3n) is 3.81. The average molecular weight is 450 g/mol. The molecule has 0 spiro atoms. The molecule has 0 saturated carbocycles. The second-order valence-corrected chi connectivity index (χ2v) is 8.02. The first-order chi connectivity index (χ1) is 13.5. The SMILES string of the molecule is O=C1NC(=Nc2cccc(Cl)c2Cl)SC1=Cc1ccc(-c2cccc(Cl)c2)o1. The molecule has 4 rings (SSSR count). The Morgan fingerprint density at radius 1 is 1.04 bits per heavy atom. The summed E-state index contributed by atoms with van der Waals surface area (Å²) in [5, 5.41) is 4.49. The van der Waals surface area contributed by atoms with E-state index in [4.69, 9.17) is 39.2 Å². The van der Waals surface area contributed by atoms with Crippen LogP contribution in [0.4, 0.5) is 5.69 Å². The predicted octanol–water partition coefficient (Wildman–Crippen LogP) is 6.80. The third kappa shape index (κ3) is 4.13. The van der Waals surface area contributed by atoms with E-state index in [2.05, 4.69) is 10.3 Å². The van der Waals surface area contributed by atoms with Gasteiger partial charge in [0, 0.05) is 16.7 Å². The summed E-state index contributed by atoms with van der Waals surface area (Å²) < 4.78 is 5.82. The molecule has 1 N–H and O–H groups in total. The lowest BCUT2D eigenvalue weighted by Gasteiger charge is -2.00. The van der Waals surface area contributed by atoms with Crippen LogP contribution in [0.15, 0.2) is 68.9 Å². The number of halogens is 3. The molecule has 1 aliphatic rings. The molecule has 3 aromatic rings. The van der Waals surface area contributed by atoms with Gasteiger partial charge in [-0.1, -0.05) is 53.0 Å². The molecule has 2 heterocycles. The Hall–Kier alpha value is -2.18. The number of hydrogen-bond acceptors (Lipinski definition) is 4. The van der Waals surface area contributed by atoms with Crippen molar-refractivity contribution in [3.05, 3.63) is 80.3 Å². The van der Waals surface area contributed by atoms with E-state index < -0.39 is 0 Å². The van der Waals surface area contributed by atoms with Crippen molar-refractivity contribution in [1.29, 1.82) is 0 Å². The highest BCUT2D eigenvalue weighted by atomic mass is 35.5. The molecular formula is C20H11Cl3N2O2S. The maximum absolute atomic E-state index is 12.3. The van der Waals surface area contributed by atoms with E-state index in [1.54, 1.807) is 36.4 Å². The van der Waals surface area contributed by atoms with Gasteiger partial charge in [0.15, 0.2) is 5.17 Å². The molecule has 1 aromatic heterocycles. The largest absolute Gasteiger partial charge is 0.457 e. The normalized spacial score (nSPS) is 16.8. The molecule has 0 unspecified atom stereocenters. The number of nitrogens with one attached hydrogen (secondary N) is 1. The van der Waals surface area contributed by atoms with Gasteiger partial charge in [0.05, 0.1) is 20.6 Å². The van der Waals surface area contributed by atoms with E-state index in [1.807, 2.05) is 24.3 Å². The molecule has 1 saturated heterocycles. The number of benzene rings is 2. The number of aliphatic imine (C=N–C) groups is 1. The summed E-state index contributed by atoms with van der Waals surface area (Å²) in [5.74, 6) is 0.953. The molecule has 28 heavy (non-hydrogen) atoms. The highest BCUT2D eigenvalue weighted by Crippen LogP contribution is 2.35. The van der Waals surface area contributed by atoms with Crippen molar-refractivity contribution in [2.24, 2.45) is 4.99 Å². The highest BCUT2D eigenvalue weighted by molar-refractivity contribution is 8.18. The molecule has 0 aliphatic carbocycles. The van der Waals surface area contributed by atoms with Crippen LogP contribution in [0, 0.1) is 0 Å². The van der Waals surface area contributed by atoms with Crippen LogP contribution in [0.2, 0.25) is 15.1 Å². The molecule has 8 heteroatoms. The summed E-state index contributed by atoms with van der Waals surface area (Å²) in [6, 6.07) is 16.1. The maximum atomic E-state index is 12.3. The summed E-state index contributed by atoms with van der Waals surface area (Å²) in [6.45, 7) is 0. The van der Waals surface area contributed by atoms with Crippen molar-refractivity contribution in [3.63, 3.8) is 0 Å². The number of hydrogen-bond donors (Lipinski definition) is 1. The van der Waals surface area contributed by atoms with E-state index in [0.717, 1.165) is 5.56 Å². The highest BCUT2D eigenvalue weighted by Gasteiger charge is 2.24. The van der Waals surface area contributed by atoms with Crippen molar-refractivity contribution in [2.75, 3.05) is 0 Å². The summed E-state index contributed by atoms with van der Waals surface area (Å²) >= 11 is 19.4. The molecule has 2 aromatic carbocycles. The van der Waals surface area contributed by atoms with Crippen LogP contribution in [0.1, 0.15) is 5.76 Å². The van der Waals surface area contributed by atoms with E-state index in [9.17, 15) is 4.79 Å². The fourth-order valence-corrected chi connectivity index (χ4v) is 3.87. The first-order valence-electron chi connectivity index (χ1n) is 8.09. The molecule has 0 atom stereocenters. The van der Waals surface area contributed by atoms with Crippen molar-refractivity contribution >= 4 is 69.4 Å². The number of thioether (sulfide) groups is 1. The van der Waals surface area contributed by atoms with Gasteiger partial charge in [-0.15, -0.1) is 0 Å². The zero-order valence-corrected chi connectivity index (χ0v) is 17.2. The van der Waals surface area contributed by atoms with Gasteiger partial charge in [0.25, 0.3) is 5.91 Å². The molecule has 1 aliphatic heterocycles. The number of nitrogens with zero attached hydrogens (tertiary/aromatic N) is 1. The second-order valence-electron chi connectivity index (χ2n) is 5.77. The maximum Gasteiger partial charge on any atom is 0.264 e. The van der Waals surface area contributed by atoms with Gasteiger partial charge in [0.1, 0.15) is 11.5 Å². The first-order valence-corrected chi connectivity index (χ1v) is 10.0. The molecule has 0 bridgehead atoms. The number of carbonyl (C=O) groups is 1. The Balaban J connectivity index is 1.57. The Morgan fingerprint density at radius 2 is 1.86 bits per heavy atom. The quantitative estimate of drug-likeness (QED) is 0.447. The van der Waals surface area contributed by atoms with Gasteiger partial charge >= 0.3 is 0 Å². The Labute approximate surface area is 180 Å². The van der Waals surface area contributed by atoms with Crippen molar-refractivity contribution in [1.82, 2.24) is 5.32 Å². The van der Waals surface area contributed by atoms with Gasteiger partial charge < -0.3 is 9.73 Å². The Morgan fingerprint density at radius 3 is 2.68 bits per heavy atom. The summed E-state index contributed by atoms with van der Waals surface area (Å²) in [5.41, 5.74) is 1.35. The van der Waals surface area contributed by atoms with E-state index in [-0.39, 0.29) is 5.91 Å². The van der Waals surface area contributed by atoms with Gasteiger partial charge in [-0.05, 0) is 48.2 Å². The lowest BCUT2D eigenvalue weighted by atomic mass is 10.2. The van der Waals surface area contributed by atoms with Crippen LogP contribution in [0.3, 0.4) is 0 Å². The standard InChI is InChI=1S/C20H11Cl3N2O2S/c21-12-4-1-3-11(9-12)16-8-7-13(27-16)10-17-19(26)25-20(28-17)24-15-6-2-5-14(22)18(15)23/h1-10H,(H,24,25,26). The monoisotopic (exact) mass is 448 g/mol. The lowest BCUT2D eigenvalue weighted by Crippen LogP contribution is -2.19. The number of carbonyl (C=O) groups excluding carboxylic acids is 1. The molecule has 1 fully saturated rings. The van der Waals surface area contributed by atoms with Crippen LogP contribution in [-0.2, 0) is 4.79 Å². The fraction of sp³-hybridized carbons (Fsp3) is 0. The molecule has 4 nitrogen and oxygen atoms in total. The fourth-order valence-electron chi connectivity index (χ4n) is 2.53. The predicted molar refractivity (Wildman–Crippen MR) is 116 cm³/mol. The minimum atomic E-state index is -0.261. The third-order valence-corrected chi connectivity index (χ3v) is 5.77. The van der Waals surface area contributed by atoms with Crippen LogP contribution >= 0.6 is 46.6 Å². The summed E-state index contributed by atoms with van der Waals surface area (Å²) in [6.07, 6.45) is 1.66. The first kappa shape index (κ1) is 19.2. The van der Waals surface area contributed by atoms with Crippen molar-refractivity contribution in [2.45, 2.75) is 0 Å². The van der Waals surface area contributed by atoms with Crippen LogP contribution < -0.4 is 5.32 Å². The van der Waals surface area contributed by atoms with Gasteiger partial charge in [-0.3, -0.25) is 4.79 Å². The molecule has 140 valence electrons. The topological polar surface area (TPSA) is 54.6 Å². The van der Waals surface area contributed by atoms with Gasteiger partial charge in [-0.25, -0.2) is 4.99 Å². The van der Waals surface area contributed by atoms with Gasteiger partial charge in [-0.2, -0.15) is 0 Å². The minimum absolute atomic E-state index is 0.261. The second kappa shape index (κ2) is 8.05. The van der Waals surface area contributed by atoms with Crippen LogP contribution in [-0.4, -0.2) is 11.1 Å². The zero-order chi connectivity index (χ0) is 19.7. The lowest BCUT2D eigenvalue weighted by molar-refractivity contribution is -0.115. The zero-order valence-electron chi connectivity index (χ0n) is 14.1. The number of rotatable bonds is 3. The Kier molecular flexibility index (Phi) is 5.51. The van der Waals surface area contributed by atoms with E-state index >= 15 is 0 Å². The van der Waals surface area contributed by atoms with Crippen molar-refractivity contribution < 1.29 is 9.21 Å².